The predicted octanol–water partition coefficient (Wildman–Crippen LogP) is 5.61. The van der Waals surface area contributed by atoms with Crippen molar-refractivity contribution < 1.29 is 19.2 Å². The van der Waals surface area contributed by atoms with Crippen LogP contribution in [0.25, 0.3) is 0 Å². The minimum atomic E-state index is -0.0627. The molecule has 0 atom stereocenters. The molecule has 4 nitrogen and oxygen atoms in total. The Labute approximate surface area is 209 Å². The zero-order valence-electron chi connectivity index (χ0n) is 18.5. The van der Waals surface area contributed by atoms with Gasteiger partial charge in [0.05, 0.1) is 0 Å². The number of rotatable bonds is 14. The molecule has 0 aliphatic rings. The molecule has 0 aromatic heterocycles. The number of hydrogen-bond donors (Lipinski definition) is 0. The Hall–Kier alpha value is -0.441. The van der Waals surface area contributed by atoms with Crippen molar-refractivity contribution in [3.05, 3.63) is 48.6 Å². The second-order valence-electron chi connectivity index (χ2n) is 6.90. The Morgan fingerprint density at radius 3 is 0.903 bits per heavy atom. The van der Waals surface area contributed by atoms with Gasteiger partial charge in [-0.3, -0.25) is 0 Å². The van der Waals surface area contributed by atoms with Gasteiger partial charge in [0.2, 0.25) is 0 Å². The van der Waals surface area contributed by atoms with E-state index in [2.05, 4.69) is 26.3 Å². The van der Waals surface area contributed by atoms with E-state index in [-0.39, 0.29) is 45.1 Å². The number of carbonyl (C=O) groups is 4. The van der Waals surface area contributed by atoms with Gasteiger partial charge in [-0.1, -0.05) is 0 Å². The number of thioether (sulfide) groups is 4. The van der Waals surface area contributed by atoms with E-state index in [1.165, 1.54) is 47.0 Å². The van der Waals surface area contributed by atoms with Crippen LogP contribution in [0.1, 0.15) is 27.7 Å². The van der Waals surface area contributed by atoms with E-state index in [0.29, 0.717) is 45.3 Å². The average Bonchev–Trinajstić information content (AvgIpc) is 2.69. The molecule has 0 unspecified atom stereocenters. The van der Waals surface area contributed by atoms with Crippen LogP contribution in [0.4, 0.5) is 0 Å². The molecule has 31 heavy (non-hydrogen) atoms. The van der Waals surface area contributed by atoms with Crippen molar-refractivity contribution in [2.45, 2.75) is 37.3 Å². The minimum absolute atomic E-state index is 0.00454. The van der Waals surface area contributed by atoms with Crippen LogP contribution in [-0.2, 0) is 19.2 Å². The SMILES string of the molecule is C=C(C)C(=O)SCC(CSC(=O)C(=C)C)[Se]C(CSC(=O)C(=C)C)CSC(=O)C(=C)C. The molecule has 9 heteroatoms. The summed E-state index contributed by atoms with van der Waals surface area (Å²) in [5.41, 5.74) is 1.96. The average molecular weight is 566 g/mol. The van der Waals surface area contributed by atoms with Crippen molar-refractivity contribution in [3.63, 3.8) is 0 Å². The molecule has 0 saturated carbocycles. The molecule has 0 fully saturated rings. The molecular formula is C22H30O4S4Se. The maximum atomic E-state index is 12.0. The summed E-state index contributed by atoms with van der Waals surface area (Å²) < 4.78 is 0. The molecule has 0 bridgehead atoms. The fraction of sp³-hybridized carbons (Fsp3) is 0.455. The van der Waals surface area contributed by atoms with Crippen molar-refractivity contribution in [3.8, 4) is 0 Å². The van der Waals surface area contributed by atoms with Crippen molar-refractivity contribution in [1.29, 1.82) is 0 Å². The van der Waals surface area contributed by atoms with Crippen LogP contribution in [0.15, 0.2) is 48.6 Å². The van der Waals surface area contributed by atoms with Gasteiger partial charge in [-0.05, 0) is 0 Å². The standard InChI is InChI=1S/C22H30O4S4Se/c1-13(2)19(23)27-9-17(10-28-20(24)14(3)4)31-18(11-29-21(25)15(5)6)12-30-22(26)16(7)8/h17-18H,1,3,5,7,9-12H2,2,4,6,8H3. The van der Waals surface area contributed by atoms with Crippen molar-refractivity contribution in [2.75, 3.05) is 23.0 Å². The summed E-state index contributed by atoms with van der Waals surface area (Å²) in [6, 6.07) is 0. The Morgan fingerprint density at radius 1 is 0.548 bits per heavy atom. The molecule has 0 rings (SSSR count). The molecule has 172 valence electrons. The van der Waals surface area contributed by atoms with Gasteiger partial charge in [0.15, 0.2) is 0 Å². The summed E-state index contributed by atoms with van der Waals surface area (Å²) in [5, 5.41) is -0.251. The van der Waals surface area contributed by atoms with E-state index >= 15 is 0 Å². The molecular weight excluding hydrogens is 535 g/mol. The fourth-order valence-corrected chi connectivity index (χ4v) is 9.94. The Balaban J connectivity index is 5.30. The molecule has 0 aliphatic carbocycles. The van der Waals surface area contributed by atoms with Gasteiger partial charge in [0, 0.05) is 0 Å². The van der Waals surface area contributed by atoms with Crippen LogP contribution < -0.4 is 0 Å². The van der Waals surface area contributed by atoms with Crippen LogP contribution in [-0.4, -0.2) is 58.4 Å². The van der Waals surface area contributed by atoms with Gasteiger partial charge in [0.25, 0.3) is 0 Å². The van der Waals surface area contributed by atoms with Gasteiger partial charge in [-0.2, -0.15) is 0 Å². The monoisotopic (exact) mass is 566 g/mol. The Morgan fingerprint density at radius 2 is 0.742 bits per heavy atom. The molecule has 0 aromatic rings. The van der Waals surface area contributed by atoms with Crippen LogP contribution in [0.5, 0.6) is 0 Å². The maximum absolute atomic E-state index is 12.0. The van der Waals surface area contributed by atoms with E-state index in [9.17, 15) is 19.2 Å². The van der Waals surface area contributed by atoms with Gasteiger partial charge in [-0.15, -0.1) is 0 Å². The second-order valence-corrected chi connectivity index (χ2v) is 14.2. The zero-order valence-corrected chi connectivity index (χ0v) is 23.5. The predicted molar refractivity (Wildman–Crippen MR) is 142 cm³/mol. The molecule has 0 aromatic carbocycles. The first-order valence-corrected chi connectivity index (χ1v) is 15.2. The summed E-state index contributed by atoms with van der Waals surface area (Å²) in [5.74, 6) is 2.27. The van der Waals surface area contributed by atoms with Crippen LogP contribution in [0.3, 0.4) is 0 Å². The molecule has 0 heterocycles. The first-order chi connectivity index (χ1) is 14.3. The summed E-state index contributed by atoms with van der Waals surface area (Å²) in [7, 11) is 0. The summed E-state index contributed by atoms with van der Waals surface area (Å²) in [4.78, 5) is 48.3. The van der Waals surface area contributed by atoms with E-state index in [1.54, 1.807) is 27.7 Å². The van der Waals surface area contributed by atoms with E-state index in [1.807, 2.05) is 0 Å². The topological polar surface area (TPSA) is 68.3 Å². The third-order valence-electron chi connectivity index (χ3n) is 3.38. The number of hydrogen-bond acceptors (Lipinski definition) is 8. The Bertz CT molecular complexity index is 639. The molecule has 0 radical (unpaired) electrons. The quantitative estimate of drug-likeness (QED) is 0.199. The van der Waals surface area contributed by atoms with Gasteiger partial charge < -0.3 is 0 Å². The van der Waals surface area contributed by atoms with Crippen molar-refractivity contribution in [1.82, 2.24) is 0 Å². The first kappa shape index (κ1) is 30.6. The summed E-state index contributed by atoms with van der Waals surface area (Å²) >= 11 is 4.83. The van der Waals surface area contributed by atoms with E-state index in [0.717, 1.165) is 0 Å². The first-order valence-electron chi connectivity index (χ1n) is 9.31. The molecule has 0 saturated heterocycles. The van der Waals surface area contributed by atoms with Crippen LogP contribution in [0.2, 0.25) is 9.63 Å². The van der Waals surface area contributed by atoms with Gasteiger partial charge >= 0.3 is 211 Å². The summed E-state index contributed by atoms with van der Waals surface area (Å²) in [6.07, 6.45) is 0. The fourth-order valence-electron chi connectivity index (χ4n) is 1.69. The molecule has 0 spiro atoms. The van der Waals surface area contributed by atoms with Gasteiger partial charge in [0.1, 0.15) is 0 Å². The Kier molecular flexibility index (Phi) is 16.0. The van der Waals surface area contributed by atoms with Crippen LogP contribution in [0, 0.1) is 0 Å². The van der Waals surface area contributed by atoms with Crippen LogP contribution >= 0.6 is 47.0 Å². The molecule has 0 aliphatic heterocycles. The second kappa shape index (κ2) is 16.2. The zero-order chi connectivity index (χ0) is 24.1. The van der Waals surface area contributed by atoms with Crippen molar-refractivity contribution >= 4 is 82.5 Å². The summed E-state index contributed by atoms with van der Waals surface area (Å²) in [6.45, 7) is 21.5. The normalized spacial score (nSPS) is 10.8. The molecule has 0 amide bonds. The van der Waals surface area contributed by atoms with E-state index in [4.69, 9.17) is 0 Å². The third kappa shape index (κ3) is 14.3. The van der Waals surface area contributed by atoms with E-state index < -0.39 is 0 Å². The van der Waals surface area contributed by atoms with Crippen molar-refractivity contribution in [2.24, 2.45) is 0 Å². The van der Waals surface area contributed by atoms with Gasteiger partial charge in [-0.25, -0.2) is 0 Å². The third-order valence-corrected chi connectivity index (χ3v) is 13.0. The number of carbonyl (C=O) groups excluding carboxylic acids is 4. The molecule has 0 N–H and O–H groups in total.